The van der Waals surface area contributed by atoms with Crippen molar-refractivity contribution in [1.82, 2.24) is 4.98 Å². The highest BCUT2D eigenvalue weighted by molar-refractivity contribution is 6.51. The van der Waals surface area contributed by atoms with Gasteiger partial charge in [0, 0.05) is 17.4 Å². The number of aromatic nitrogens is 1. The van der Waals surface area contributed by atoms with Gasteiger partial charge in [-0.15, -0.1) is 13.2 Å². The van der Waals surface area contributed by atoms with Crippen LogP contribution in [-0.4, -0.2) is 28.1 Å². The summed E-state index contributed by atoms with van der Waals surface area (Å²) in [5, 5.41) is 11.0. The normalized spacial score (nSPS) is 17.8. The Morgan fingerprint density at radius 1 is 1.03 bits per heavy atom. The van der Waals surface area contributed by atoms with Crippen molar-refractivity contribution in [3.05, 3.63) is 95.3 Å². The minimum absolute atomic E-state index is 0.146. The molecular weight excluding hydrogens is 449 g/mol. The third-order valence-electron chi connectivity index (χ3n) is 5.40. The smallest absolute Gasteiger partial charge is 0.507 e. The fourth-order valence-corrected chi connectivity index (χ4v) is 3.78. The second-order valence-corrected chi connectivity index (χ2v) is 7.52. The molecular formula is C25H19F3N2O4. The summed E-state index contributed by atoms with van der Waals surface area (Å²) in [5.74, 6) is -2.70. The van der Waals surface area contributed by atoms with Gasteiger partial charge in [-0.2, -0.15) is 0 Å². The first kappa shape index (κ1) is 23.0. The predicted octanol–water partition coefficient (Wildman–Crippen LogP) is 5.17. The van der Waals surface area contributed by atoms with Gasteiger partial charge in [0.05, 0.1) is 11.3 Å². The van der Waals surface area contributed by atoms with E-state index in [9.17, 15) is 27.9 Å². The Morgan fingerprint density at radius 3 is 2.26 bits per heavy atom. The zero-order valence-electron chi connectivity index (χ0n) is 17.9. The summed E-state index contributed by atoms with van der Waals surface area (Å²) < 4.78 is 41.4. The fraction of sp³-hybridized carbons (Fsp3) is 0.160. The van der Waals surface area contributed by atoms with Gasteiger partial charge in [0.1, 0.15) is 17.6 Å². The van der Waals surface area contributed by atoms with Crippen molar-refractivity contribution < 1.29 is 32.6 Å². The van der Waals surface area contributed by atoms with Crippen LogP contribution < -0.4 is 9.64 Å². The van der Waals surface area contributed by atoms with Crippen LogP contribution in [0, 0.1) is 0 Å². The average molecular weight is 468 g/mol. The van der Waals surface area contributed by atoms with Crippen LogP contribution >= 0.6 is 0 Å². The number of ketones is 1. The average Bonchev–Trinajstić information content (AvgIpc) is 3.09. The molecule has 1 N–H and O–H groups in total. The van der Waals surface area contributed by atoms with Gasteiger partial charge < -0.3 is 9.84 Å². The van der Waals surface area contributed by atoms with Gasteiger partial charge in [-0.3, -0.25) is 19.5 Å². The van der Waals surface area contributed by atoms with Crippen LogP contribution in [0.2, 0.25) is 0 Å². The minimum Gasteiger partial charge on any atom is -0.507 e. The van der Waals surface area contributed by atoms with E-state index in [0.717, 1.165) is 29.0 Å². The van der Waals surface area contributed by atoms with Crippen LogP contribution in [0.15, 0.2) is 78.5 Å². The number of hydrogen-bond donors (Lipinski definition) is 1. The Kier molecular flexibility index (Phi) is 6.10. The molecule has 9 heteroatoms. The van der Waals surface area contributed by atoms with Gasteiger partial charge in [0.2, 0.25) is 0 Å². The highest BCUT2D eigenvalue weighted by Crippen LogP contribution is 2.42. The van der Waals surface area contributed by atoms with Crippen LogP contribution in [0.5, 0.6) is 5.75 Å². The molecule has 4 rings (SSSR count). The number of benzene rings is 2. The van der Waals surface area contributed by atoms with Gasteiger partial charge in [-0.25, -0.2) is 0 Å². The fourth-order valence-electron chi connectivity index (χ4n) is 3.78. The Morgan fingerprint density at radius 2 is 1.71 bits per heavy atom. The zero-order valence-corrected chi connectivity index (χ0v) is 17.9. The van der Waals surface area contributed by atoms with E-state index in [1.165, 1.54) is 18.3 Å². The van der Waals surface area contributed by atoms with Crippen molar-refractivity contribution in [3.63, 3.8) is 0 Å². The molecule has 174 valence electrons. The Labute approximate surface area is 192 Å². The van der Waals surface area contributed by atoms with E-state index in [1.54, 1.807) is 42.5 Å². The number of Topliss-reactive ketones (excluding diaryl/α,β-unsaturated/α-hetero) is 1. The van der Waals surface area contributed by atoms with E-state index in [0.29, 0.717) is 11.3 Å². The van der Waals surface area contributed by atoms with Gasteiger partial charge >= 0.3 is 6.36 Å². The topological polar surface area (TPSA) is 79.7 Å². The molecule has 0 spiro atoms. The number of alkyl halides is 3. The Balaban J connectivity index is 1.82. The number of rotatable bonds is 5. The standard InChI is InChI=1S/C25H19F3N2O4/c1-2-15-6-8-16(9-7-15)22(31)20-21(19-5-3-4-14-29-19)30(24(33)23(20)32)17-10-12-18(13-11-17)34-25(26,27)28/h3-14,21,31H,2H2,1H3/b22-20-. The number of pyridine rings is 1. The molecule has 1 fully saturated rings. The number of aliphatic hydroxyl groups is 1. The Hall–Kier alpha value is -4.14. The van der Waals surface area contributed by atoms with Gasteiger partial charge in [-0.05, 0) is 48.4 Å². The number of ether oxygens (including phenoxy) is 1. The van der Waals surface area contributed by atoms with Crippen molar-refractivity contribution in [1.29, 1.82) is 0 Å². The van der Waals surface area contributed by atoms with Gasteiger partial charge in [-0.1, -0.05) is 37.3 Å². The zero-order chi connectivity index (χ0) is 24.5. The summed E-state index contributed by atoms with van der Waals surface area (Å²) in [7, 11) is 0. The highest BCUT2D eigenvalue weighted by Gasteiger charge is 2.47. The summed E-state index contributed by atoms with van der Waals surface area (Å²) in [5.41, 5.74) is 1.67. The summed E-state index contributed by atoms with van der Waals surface area (Å²) in [6.45, 7) is 1.98. The number of amides is 1. The third kappa shape index (κ3) is 4.50. The van der Waals surface area contributed by atoms with E-state index in [2.05, 4.69) is 9.72 Å². The molecule has 6 nitrogen and oxygen atoms in total. The van der Waals surface area contributed by atoms with Gasteiger partial charge in [0.15, 0.2) is 0 Å². The molecule has 1 aliphatic heterocycles. The second kappa shape index (κ2) is 9.01. The number of anilines is 1. The monoisotopic (exact) mass is 468 g/mol. The van der Waals surface area contributed by atoms with Crippen LogP contribution in [0.3, 0.4) is 0 Å². The van der Waals surface area contributed by atoms with E-state index in [4.69, 9.17) is 0 Å². The van der Waals surface area contributed by atoms with Gasteiger partial charge in [0.25, 0.3) is 11.7 Å². The maximum absolute atomic E-state index is 13.1. The third-order valence-corrected chi connectivity index (χ3v) is 5.40. The van der Waals surface area contributed by atoms with Crippen LogP contribution in [-0.2, 0) is 16.0 Å². The van der Waals surface area contributed by atoms with Crippen molar-refractivity contribution in [3.8, 4) is 5.75 Å². The quantitative estimate of drug-likeness (QED) is 0.318. The summed E-state index contributed by atoms with van der Waals surface area (Å²) in [6, 6.07) is 15.3. The van der Waals surface area contributed by atoms with Crippen LogP contribution in [0.4, 0.5) is 18.9 Å². The van der Waals surface area contributed by atoms with Crippen molar-refractivity contribution in [2.24, 2.45) is 0 Å². The summed E-state index contributed by atoms with van der Waals surface area (Å²) in [6.07, 6.45) is -2.61. The highest BCUT2D eigenvalue weighted by atomic mass is 19.4. The largest absolute Gasteiger partial charge is 0.573 e. The molecule has 0 saturated carbocycles. The van der Waals surface area contributed by atoms with E-state index in [-0.39, 0.29) is 17.0 Å². The molecule has 0 bridgehead atoms. The number of aryl methyl sites for hydroxylation is 1. The van der Waals surface area contributed by atoms with Crippen LogP contribution in [0.25, 0.3) is 5.76 Å². The maximum atomic E-state index is 13.1. The molecule has 1 amide bonds. The lowest BCUT2D eigenvalue weighted by atomic mass is 9.97. The second-order valence-electron chi connectivity index (χ2n) is 7.52. The molecule has 1 atom stereocenters. The lowest BCUT2D eigenvalue weighted by Crippen LogP contribution is -2.29. The van der Waals surface area contributed by atoms with Crippen LogP contribution in [0.1, 0.15) is 29.8 Å². The van der Waals surface area contributed by atoms with Crippen molar-refractivity contribution >= 4 is 23.1 Å². The van der Waals surface area contributed by atoms with E-state index >= 15 is 0 Å². The Bertz CT molecular complexity index is 1240. The summed E-state index contributed by atoms with van der Waals surface area (Å²) >= 11 is 0. The molecule has 1 saturated heterocycles. The summed E-state index contributed by atoms with van der Waals surface area (Å²) in [4.78, 5) is 31.5. The first-order valence-electron chi connectivity index (χ1n) is 10.4. The van der Waals surface area contributed by atoms with E-state index in [1.807, 2.05) is 6.92 Å². The molecule has 34 heavy (non-hydrogen) atoms. The number of carbonyl (C=O) groups excluding carboxylic acids is 2. The molecule has 0 aliphatic carbocycles. The first-order valence-corrected chi connectivity index (χ1v) is 10.4. The minimum atomic E-state index is -4.87. The SMILES string of the molecule is CCc1ccc(/C(O)=C2/C(=O)C(=O)N(c3ccc(OC(F)(F)F)cc3)C2c2ccccn2)cc1. The lowest BCUT2D eigenvalue weighted by Gasteiger charge is -2.24. The van der Waals surface area contributed by atoms with Crippen molar-refractivity contribution in [2.45, 2.75) is 25.7 Å². The molecule has 1 aromatic heterocycles. The maximum Gasteiger partial charge on any atom is 0.573 e. The predicted molar refractivity (Wildman–Crippen MR) is 118 cm³/mol. The molecule has 1 aliphatic rings. The van der Waals surface area contributed by atoms with E-state index < -0.39 is 29.8 Å². The lowest BCUT2D eigenvalue weighted by molar-refractivity contribution is -0.274. The molecule has 2 heterocycles. The first-order chi connectivity index (χ1) is 16.2. The van der Waals surface area contributed by atoms with Crippen molar-refractivity contribution in [2.75, 3.05) is 4.90 Å². The number of hydrogen-bond acceptors (Lipinski definition) is 5. The molecule has 1 unspecified atom stereocenters. The number of nitrogens with zero attached hydrogens (tertiary/aromatic N) is 2. The number of carbonyl (C=O) groups is 2. The number of halogens is 3. The molecule has 3 aromatic rings. The molecule has 0 radical (unpaired) electrons. The number of aliphatic hydroxyl groups excluding tert-OH is 1. The molecule has 2 aromatic carbocycles.